The number of rotatable bonds is 4. The Morgan fingerprint density at radius 3 is 2.78 bits per heavy atom. The van der Waals surface area contributed by atoms with Crippen LogP contribution in [0, 0.1) is 11.7 Å². The molecule has 1 N–H and O–H groups in total. The third kappa shape index (κ3) is 2.96. The van der Waals surface area contributed by atoms with Crippen LogP contribution in [0.1, 0.15) is 43.6 Å². The summed E-state index contributed by atoms with van der Waals surface area (Å²) < 4.78 is 13.3. The molecule has 1 aromatic carbocycles. The quantitative estimate of drug-likeness (QED) is 0.926. The lowest BCUT2D eigenvalue weighted by molar-refractivity contribution is -0.139. The molecule has 1 saturated heterocycles. The van der Waals surface area contributed by atoms with Gasteiger partial charge in [0.15, 0.2) is 0 Å². The first-order valence-electron chi connectivity index (χ1n) is 8.50. The van der Waals surface area contributed by atoms with Gasteiger partial charge in [0.05, 0.1) is 0 Å². The van der Waals surface area contributed by atoms with E-state index in [9.17, 15) is 14.0 Å². The van der Waals surface area contributed by atoms with Crippen LogP contribution in [0.5, 0.6) is 0 Å². The van der Waals surface area contributed by atoms with Crippen LogP contribution >= 0.6 is 0 Å². The van der Waals surface area contributed by atoms with Crippen LogP contribution in [-0.4, -0.2) is 35.3 Å². The van der Waals surface area contributed by atoms with Crippen molar-refractivity contribution in [2.75, 3.05) is 6.54 Å². The van der Waals surface area contributed by atoms with E-state index in [1.807, 2.05) is 6.07 Å². The fourth-order valence-corrected chi connectivity index (χ4v) is 3.61. The highest BCUT2D eigenvalue weighted by molar-refractivity contribution is 5.91. The van der Waals surface area contributed by atoms with Gasteiger partial charge in [-0.1, -0.05) is 12.1 Å². The van der Waals surface area contributed by atoms with Crippen molar-refractivity contribution in [1.29, 1.82) is 0 Å². The standard InChI is InChI=1S/C18H21FN2O2/c19-12-4-1-3-11(9-12)14-10-15(14)18(23)21-8-2-5-16(21)17(22)20-13-6-7-13/h1,3-4,9,13-16H,2,5-8,10H2,(H,20,22). The van der Waals surface area contributed by atoms with E-state index in [2.05, 4.69) is 5.32 Å². The Balaban J connectivity index is 1.41. The fourth-order valence-electron chi connectivity index (χ4n) is 3.61. The van der Waals surface area contributed by atoms with Gasteiger partial charge >= 0.3 is 0 Å². The lowest BCUT2D eigenvalue weighted by atomic mass is 10.1. The fraction of sp³-hybridized carbons (Fsp3) is 0.556. The molecule has 23 heavy (non-hydrogen) atoms. The van der Waals surface area contributed by atoms with Gasteiger partial charge in [0, 0.05) is 18.5 Å². The summed E-state index contributed by atoms with van der Waals surface area (Å²) in [6, 6.07) is 6.51. The highest BCUT2D eigenvalue weighted by atomic mass is 19.1. The van der Waals surface area contributed by atoms with E-state index in [1.165, 1.54) is 12.1 Å². The molecule has 3 fully saturated rings. The maximum absolute atomic E-state index is 13.3. The van der Waals surface area contributed by atoms with Gasteiger partial charge in [-0.2, -0.15) is 0 Å². The van der Waals surface area contributed by atoms with Crippen LogP contribution in [0.4, 0.5) is 4.39 Å². The lowest BCUT2D eigenvalue weighted by Crippen LogP contribution is -2.47. The van der Waals surface area contributed by atoms with E-state index < -0.39 is 0 Å². The number of amides is 2. The van der Waals surface area contributed by atoms with Crippen LogP contribution in [0.15, 0.2) is 24.3 Å². The molecule has 1 heterocycles. The summed E-state index contributed by atoms with van der Waals surface area (Å²) in [6.45, 7) is 0.661. The molecule has 122 valence electrons. The summed E-state index contributed by atoms with van der Waals surface area (Å²) in [5.74, 6) is -0.186. The summed E-state index contributed by atoms with van der Waals surface area (Å²) >= 11 is 0. The first-order chi connectivity index (χ1) is 11.1. The maximum atomic E-state index is 13.3. The molecule has 3 aliphatic rings. The molecule has 3 unspecified atom stereocenters. The van der Waals surface area contributed by atoms with Crippen molar-refractivity contribution < 1.29 is 14.0 Å². The van der Waals surface area contributed by atoms with Gasteiger partial charge in [0.25, 0.3) is 0 Å². The number of likely N-dealkylation sites (tertiary alicyclic amines) is 1. The molecule has 0 radical (unpaired) electrons. The summed E-state index contributed by atoms with van der Waals surface area (Å²) in [4.78, 5) is 26.8. The van der Waals surface area contributed by atoms with Crippen LogP contribution in [0.25, 0.3) is 0 Å². The van der Waals surface area contributed by atoms with Crippen molar-refractivity contribution in [2.45, 2.75) is 50.1 Å². The number of halogens is 1. The molecule has 2 amide bonds. The van der Waals surface area contributed by atoms with Crippen molar-refractivity contribution in [2.24, 2.45) is 5.92 Å². The van der Waals surface area contributed by atoms with Crippen molar-refractivity contribution in [3.05, 3.63) is 35.6 Å². The van der Waals surface area contributed by atoms with Gasteiger partial charge < -0.3 is 10.2 Å². The largest absolute Gasteiger partial charge is 0.352 e. The maximum Gasteiger partial charge on any atom is 0.243 e. The second kappa shape index (κ2) is 5.62. The minimum absolute atomic E-state index is 0.00121. The van der Waals surface area contributed by atoms with Gasteiger partial charge in [-0.05, 0) is 55.7 Å². The average Bonchev–Trinajstić information content (AvgIpc) is 3.45. The molecular weight excluding hydrogens is 295 g/mol. The Morgan fingerprint density at radius 2 is 2.04 bits per heavy atom. The minimum atomic E-state index is -0.308. The van der Waals surface area contributed by atoms with Crippen LogP contribution in [0.3, 0.4) is 0 Å². The van der Waals surface area contributed by atoms with Gasteiger partial charge in [-0.25, -0.2) is 4.39 Å². The summed E-state index contributed by atoms with van der Waals surface area (Å²) in [5, 5.41) is 3.01. The average molecular weight is 316 g/mol. The molecule has 3 atom stereocenters. The smallest absolute Gasteiger partial charge is 0.243 e. The lowest BCUT2D eigenvalue weighted by Gasteiger charge is -2.24. The number of carbonyl (C=O) groups excluding carboxylic acids is 2. The summed E-state index contributed by atoms with van der Waals surface area (Å²) in [5.41, 5.74) is 0.890. The third-order valence-electron chi connectivity index (χ3n) is 5.15. The molecule has 4 rings (SSSR count). The van der Waals surface area contributed by atoms with Crippen LogP contribution in [0.2, 0.25) is 0 Å². The topological polar surface area (TPSA) is 49.4 Å². The normalized spacial score (nSPS) is 29.4. The number of hydrogen-bond acceptors (Lipinski definition) is 2. The molecule has 0 aromatic heterocycles. The highest BCUT2D eigenvalue weighted by Crippen LogP contribution is 2.49. The molecule has 5 heteroatoms. The molecule has 1 aliphatic heterocycles. The summed E-state index contributed by atoms with van der Waals surface area (Å²) in [7, 11) is 0. The second-order valence-electron chi connectivity index (χ2n) is 6.98. The third-order valence-corrected chi connectivity index (χ3v) is 5.15. The predicted molar refractivity (Wildman–Crippen MR) is 83.1 cm³/mol. The first kappa shape index (κ1) is 14.7. The molecular formula is C18H21FN2O2. The van der Waals surface area contributed by atoms with E-state index in [4.69, 9.17) is 0 Å². The Kier molecular flexibility index (Phi) is 3.58. The Bertz CT molecular complexity index is 644. The van der Waals surface area contributed by atoms with Crippen molar-refractivity contribution >= 4 is 11.8 Å². The molecule has 2 saturated carbocycles. The van der Waals surface area contributed by atoms with E-state index >= 15 is 0 Å². The first-order valence-corrected chi connectivity index (χ1v) is 8.50. The van der Waals surface area contributed by atoms with E-state index in [1.54, 1.807) is 11.0 Å². The van der Waals surface area contributed by atoms with E-state index in [0.29, 0.717) is 12.6 Å². The Labute approximate surface area is 135 Å². The number of benzene rings is 1. The second-order valence-corrected chi connectivity index (χ2v) is 6.98. The van der Waals surface area contributed by atoms with Crippen LogP contribution < -0.4 is 5.32 Å². The number of hydrogen-bond donors (Lipinski definition) is 1. The van der Waals surface area contributed by atoms with Gasteiger partial charge in [0.2, 0.25) is 11.8 Å². The molecule has 4 nitrogen and oxygen atoms in total. The minimum Gasteiger partial charge on any atom is -0.352 e. The molecule has 1 aromatic rings. The molecule has 0 bridgehead atoms. The number of nitrogens with one attached hydrogen (secondary N) is 1. The zero-order valence-electron chi connectivity index (χ0n) is 13.0. The molecule has 0 spiro atoms. The predicted octanol–water partition coefficient (Wildman–Crippen LogP) is 2.20. The van der Waals surface area contributed by atoms with E-state index in [-0.39, 0.29) is 35.5 Å². The van der Waals surface area contributed by atoms with Gasteiger partial charge in [-0.15, -0.1) is 0 Å². The van der Waals surface area contributed by atoms with Gasteiger partial charge in [0.1, 0.15) is 11.9 Å². The Morgan fingerprint density at radius 1 is 1.22 bits per heavy atom. The van der Waals surface area contributed by atoms with Crippen molar-refractivity contribution in [3.8, 4) is 0 Å². The van der Waals surface area contributed by atoms with Crippen LogP contribution in [-0.2, 0) is 9.59 Å². The zero-order chi connectivity index (χ0) is 16.0. The number of carbonyl (C=O) groups is 2. The SMILES string of the molecule is O=C(NC1CC1)C1CCCN1C(=O)C1CC1c1cccc(F)c1. The Hall–Kier alpha value is -1.91. The highest BCUT2D eigenvalue weighted by Gasteiger charge is 2.48. The van der Waals surface area contributed by atoms with Crippen molar-refractivity contribution in [1.82, 2.24) is 10.2 Å². The number of nitrogens with zero attached hydrogens (tertiary/aromatic N) is 1. The zero-order valence-corrected chi connectivity index (χ0v) is 13.0. The molecule has 2 aliphatic carbocycles. The van der Waals surface area contributed by atoms with Crippen molar-refractivity contribution in [3.63, 3.8) is 0 Å². The summed E-state index contributed by atoms with van der Waals surface area (Å²) in [6.07, 6.45) is 4.50. The van der Waals surface area contributed by atoms with E-state index in [0.717, 1.165) is 37.7 Å². The van der Waals surface area contributed by atoms with Gasteiger partial charge in [-0.3, -0.25) is 9.59 Å². The monoisotopic (exact) mass is 316 g/mol.